The summed E-state index contributed by atoms with van der Waals surface area (Å²) in [5.74, 6) is -0.296. The Kier molecular flexibility index (Phi) is 7.33. The number of rotatable bonds is 6. The van der Waals surface area contributed by atoms with Crippen LogP contribution in [0, 0.1) is 0 Å². The maximum absolute atomic E-state index is 11.3. The molecule has 0 aliphatic rings. The number of allylic oxidation sites excluding steroid dienone is 3. The third-order valence-corrected chi connectivity index (χ3v) is 2.09. The molecule has 0 saturated carbocycles. The normalized spacial score (nSPS) is 12.5. The van der Waals surface area contributed by atoms with Gasteiger partial charge in [0.2, 0.25) is 0 Å². The fraction of sp³-hybridized carbons (Fsp3) is 0.462. The summed E-state index contributed by atoms with van der Waals surface area (Å²) in [4.78, 5) is 11.3. The van der Waals surface area contributed by atoms with Crippen molar-refractivity contribution < 1.29 is 9.53 Å². The van der Waals surface area contributed by atoms with Crippen LogP contribution in [0.3, 0.4) is 0 Å². The van der Waals surface area contributed by atoms with E-state index >= 15 is 0 Å². The Labute approximate surface area is 92.3 Å². The first-order chi connectivity index (χ1) is 7.15. The van der Waals surface area contributed by atoms with E-state index in [0.29, 0.717) is 12.2 Å². The Morgan fingerprint density at radius 2 is 2.00 bits per heavy atom. The summed E-state index contributed by atoms with van der Waals surface area (Å²) in [6.07, 6.45) is 7.26. The van der Waals surface area contributed by atoms with Gasteiger partial charge in [-0.25, -0.2) is 4.79 Å². The number of carbonyl (C=O) groups excluding carboxylic acids is 1. The van der Waals surface area contributed by atoms with E-state index in [-0.39, 0.29) is 5.97 Å². The molecule has 0 atom stereocenters. The van der Waals surface area contributed by atoms with Gasteiger partial charge in [0.25, 0.3) is 0 Å². The number of esters is 1. The predicted molar refractivity (Wildman–Crippen MR) is 63.6 cm³/mol. The molecule has 0 fully saturated rings. The maximum Gasteiger partial charge on any atom is 0.337 e. The van der Waals surface area contributed by atoms with Gasteiger partial charge in [-0.2, -0.15) is 0 Å². The molecule has 0 aromatic heterocycles. The molecular weight excluding hydrogens is 188 g/mol. The highest BCUT2D eigenvalue weighted by atomic mass is 16.5. The zero-order valence-corrected chi connectivity index (χ0v) is 9.88. The molecule has 0 aromatic carbocycles. The average Bonchev–Trinajstić information content (AvgIpc) is 2.24. The van der Waals surface area contributed by atoms with E-state index in [1.54, 1.807) is 6.92 Å². The molecule has 0 unspecified atom stereocenters. The SMILES string of the molecule is C=CC(=CC/C=C(\C)CC)C(=O)OCC. The Morgan fingerprint density at radius 3 is 2.47 bits per heavy atom. The second-order valence-corrected chi connectivity index (χ2v) is 3.22. The molecule has 0 N–H and O–H groups in total. The van der Waals surface area contributed by atoms with E-state index in [9.17, 15) is 4.79 Å². The third kappa shape index (κ3) is 5.89. The van der Waals surface area contributed by atoms with Crippen LogP contribution in [0.2, 0.25) is 0 Å². The molecule has 2 heteroatoms. The first-order valence-electron chi connectivity index (χ1n) is 5.31. The predicted octanol–water partition coefficient (Wildman–Crippen LogP) is 3.41. The summed E-state index contributed by atoms with van der Waals surface area (Å²) in [5.41, 5.74) is 1.86. The van der Waals surface area contributed by atoms with Gasteiger partial charge in [0.05, 0.1) is 12.2 Å². The van der Waals surface area contributed by atoms with Crippen molar-refractivity contribution in [1.29, 1.82) is 0 Å². The molecule has 0 bridgehead atoms. The third-order valence-electron chi connectivity index (χ3n) is 2.09. The summed E-state index contributed by atoms with van der Waals surface area (Å²) in [6.45, 7) is 9.96. The van der Waals surface area contributed by atoms with Crippen molar-refractivity contribution >= 4 is 5.97 Å². The van der Waals surface area contributed by atoms with Crippen LogP contribution >= 0.6 is 0 Å². The van der Waals surface area contributed by atoms with E-state index < -0.39 is 0 Å². The van der Waals surface area contributed by atoms with Gasteiger partial charge in [-0.1, -0.05) is 37.3 Å². The van der Waals surface area contributed by atoms with Crippen molar-refractivity contribution in [3.05, 3.63) is 36.0 Å². The van der Waals surface area contributed by atoms with Crippen LogP contribution in [0.15, 0.2) is 36.0 Å². The lowest BCUT2D eigenvalue weighted by Gasteiger charge is -2.01. The quantitative estimate of drug-likeness (QED) is 0.289. The van der Waals surface area contributed by atoms with E-state index in [1.807, 2.05) is 6.08 Å². The number of carbonyl (C=O) groups is 1. The van der Waals surface area contributed by atoms with Gasteiger partial charge in [0.15, 0.2) is 0 Å². The monoisotopic (exact) mass is 208 g/mol. The van der Waals surface area contributed by atoms with Crippen LogP contribution in [-0.2, 0) is 9.53 Å². The van der Waals surface area contributed by atoms with Gasteiger partial charge in [-0.3, -0.25) is 0 Å². The van der Waals surface area contributed by atoms with Gasteiger partial charge >= 0.3 is 5.97 Å². The molecule has 15 heavy (non-hydrogen) atoms. The van der Waals surface area contributed by atoms with Gasteiger partial charge in [-0.15, -0.1) is 0 Å². The van der Waals surface area contributed by atoms with Crippen molar-refractivity contribution in [2.45, 2.75) is 33.6 Å². The second-order valence-electron chi connectivity index (χ2n) is 3.22. The molecule has 0 heterocycles. The molecule has 0 aliphatic carbocycles. The van der Waals surface area contributed by atoms with Crippen molar-refractivity contribution in [3.8, 4) is 0 Å². The zero-order chi connectivity index (χ0) is 11.7. The Hall–Kier alpha value is -1.31. The molecule has 0 amide bonds. The smallest absolute Gasteiger partial charge is 0.337 e. The molecule has 0 saturated heterocycles. The van der Waals surface area contributed by atoms with Crippen LogP contribution in [0.25, 0.3) is 0 Å². The number of hydrogen-bond acceptors (Lipinski definition) is 2. The van der Waals surface area contributed by atoms with Gasteiger partial charge < -0.3 is 4.74 Å². The first kappa shape index (κ1) is 13.7. The highest BCUT2D eigenvalue weighted by Gasteiger charge is 2.04. The summed E-state index contributed by atoms with van der Waals surface area (Å²) in [7, 11) is 0. The minimum Gasteiger partial charge on any atom is -0.462 e. The standard InChI is InChI=1S/C13H20O2/c1-5-11(4)9-8-10-12(6-2)13(14)15-7-3/h6,9-10H,2,5,7-8H2,1,3-4H3/b11-9+,12-10?. The molecular formula is C13H20O2. The number of ether oxygens (including phenoxy) is 1. The average molecular weight is 208 g/mol. The minimum atomic E-state index is -0.296. The Balaban J connectivity index is 4.35. The fourth-order valence-corrected chi connectivity index (χ4v) is 0.996. The molecule has 0 radical (unpaired) electrons. The second kappa shape index (κ2) is 8.04. The van der Waals surface area contributed by atoms with E-state index in [0.717, 1.165) is 12.8 Å². The van der Waals surface area contributed by atoms with Crippen molar-refractivity contribution in [2.24, 2.45) is 0 Å². The van der Waals surface area contributed by atoms with E-state index in [4.69, 9.17) is 4.74 Å². The topological polar surface area (TPSA) is 26.3 Å². The largest absolute Gasteiger partial charge is 0.462 e. The van der Waals surface area contributed by atoms with Crippen LogP contribution < -0.4 is 0 Å². The summed E-state index contributed by atoms with van der Waals surface area (Å²) in [6, 6.07) is 0. The van der Waals surface area contributed by atoms with E-state index in [2.05, 4.69) is 26.5 Å². The molecule has 84 valence electrons. The number of hydrogen-bond donors (Lipinski definition) is 0. The lowest BCUT2D eigenvalue weighted by molar-refractivity contribution is -0.138. The Bertz CT molecular complexity index is 272. The van der Waals surface area contributed by atoms with Crippen LogP contribution in [0.4, 0.5) is 0 Å². The maximum atomic E-state index is 11.3. The first-order valence-corrected chi connectivity index (χ1v) is 5.31. The summed E-state index contributed by atoms with van der Waals surface area (Å²) >= 11 is 0. The van der Waals surface area contributed by atoms with Crippen LogP contribution in [0.1, 0.15) is 33.6 Å². The zero-order valence-electron chi connectivity index (χ0n) is 9.88. The summed E-state index contributed by atoms with van der Waals surface area (Å²) in [5, 5.41) is 0. The Morgan fingerprint density at radius 1 is 1.33 bits per heavy atom. The molecule has 0 rings (SSSR count). The van der Waals surface area contributed by atoms with E-state index in [1.165, 1.54) is 11.6 Å². The van der Waals surface area contributed by atoms with Crippen molar-refractivity contribution in [2.75, 3.05) is 6.61 Å². The van der Waals surface area contributed by atoms with Crippen molar-refractivity contribution in [3.63, 3.8) is 0 Å². The lowest BCUT2D eigenvalue weighted by atomic mass is 10.1. The van der Waals surface area contributed by atoms with Gasteiger partial charge in [0, 0.05) is 0 Å². The molecule has 0 spiro atoms. The molecule has 0 aliphatic heterocycles. The minimum absolute atomic E-state index is 0.296. The van der Waals surface area contributed by atoms with Gasteiger partial charge in [0.1, 0.15) is 0 Å². The molecule has 0 aromatic rings. The van der Waals surface area contributed by atoms with Gasteiger partial charge in [-0.05, 0) is 26.7 Å². The highest BCUT2D eigenvalue weighted by molar-refractivity contribution is 5.91. The highest BCUT2D eigenvalue weighted by Crippen LogP contribution is 2.05. The van der Waals surface area contributed by atoms with Crippen molar-refractivity contribution in [1.82, 2.24) is 0 Å². The van der Waals surface area contributed by atoms with Crippen LogP contribution in [-0.4, -0.2) is 12.6 Å². The molecule has 2 nitrogen and oxygen atoms in total. The fourth-order valence-electron chi connectivity index (χ4n) is 0.996. The lowest BCUT2D eigenvalue weighted by Crippen LogP contribution is -2.05. The van der Waals surface area contributed by atoms with Crippen LogP contribution in [0.5, 0.6) is 0 Å². The summed E-state index contributed by atoms with van der Waals surface area (Å²) < 4.78 is 4.88.